The van der Waals surface area contributed by atoms with Crippen LogP contribution in [0, 0.1) is 23.7 Å². The molecule has 0 aromatic carbocycles. The van der Waals surface area contributed by atoms with Gasteiger partial charge in [0.2, 0.25) is 0 Å². The van der Waals surface area contributed by atoms with Gasteiger partial charge in [0.1, 0.15) is 0 Å². The fourth-order valence-corrected chi connectivity index (χ4v) is 6.42. The molecule has 0 aliphatic heterocycles. The van der Waals surface area contributed by atoms with E-state index in [1.54, 1.807) is 5.57 Å². The molecule has 0 unspecified atom stereocenters. The van der Waals surface area contributed by atoms with Crippen LogP contribution in [0.15, 0.2) is 23.8 Å². The molecule has 30 heavy (non-hydrogen) atoms. The van der Waals surface area contributed by atoms with E-state index in [-0.39, 0.29) is 18.1 Å². The average Bonchev–Trinajstić information content (AvgIpc) is 3.39. The van der Waals surface area contributed by atoms with E-state index in [1.807, 2.05) is 6.08 Å². The van der Waals surface area contributed by atoms with Gasteiger partial charge < -0.3 is 10.2 Å². The molecule has 0 heterocycles. The van der Waals surface area contributed by atoms with Gasteiger partial charge in [0.15, 0.2) is 0 Å². The standard InChI is InChI=1S/C27H47NO2/c1-19(2)28(20(3)4)15-9-5-6-10-21-16-23-18-27(30)24(25(23)17-21)13-14-26(29)22-11-7-8-12-22/h13-14,16,19-20,22-27,29-30H,5-12,15,17-18H2,1-4H3/b14-13+/t23-,24+,25-,26+,27+/m0/s1. The lowest BCUT2D eigenvalue weighted by Gasteiger charge is -2.30. The second-order valence-electron chi connectivity index (χ2n) is 10.9. The number of rotatable bonds is 11. The summed E-state index contributed by atoms with van der Waals surface area (Å²) in [6, 6.07) is 1.26. The molecule has 3 rings (SSSR count). The lowest BCUT2D eigenvalue weighted by atomic mass is 9.88. The first-order chi connectivity index (χ1) is 14.4. The van der Waals surface area contributed by atoms with Crippen LogP contribution in [-0.2, 0) is 0 Å². The molecule has 0 aromatic rings. The van der Waals surface area contributed by atoms with Crippen molar-refractivity contribution >= 4 is 0 Å². The highest BCUT2D eigenvalue weighted by Crippen LogP contribution is 2.48. The van der Waals surface area contributed by atoms with E-state index in [1.165, 1.54) is 45.1 Å². The first-order valence-electron chi connectivity index (χ1n) is 12.9. The summed E-state index contributed by atoms with van der Waals surface area (Å²) in [4.78, 5) is 2.59. The highest BCUT2D eigenvalue weighted by Gasteiger charge is 2.43. The first kappa shape index (κ1) is 24.0. The maximum atomic E-state index is 10.6. The van der Waals surface area contributed by atoms with Crippen LogP contribution >= 0.6 is 0 Å². The van der Waals surface area contributed by atoms with Crippen molar-refractivity contribution in [3.8, 4) is 0 Å². The Balaban J connectivity index is 1.40. The lowest BCUT2D eigenvalue weighted by Crippen LogP contribution is -2.37. The number of allylic oxidation sites excluding steroid dienone is 2. The Bertz CT molecular complexity index is 567. The highest BCUT2D eigenvalue weighted by atomic mass is 16.3. The Morgan fingerprint density at radius 3 is 2.43 bits per heavy atom. The molecule has 3 aliphatic rings. The van der Waals surface area contributed by atoms with Gasteiger partial charge in [-0.1, -0.05) is 43.1 Å². The third-order valence-corrected chi connectivity index (χ3v) is 8.10. The third kappa shape index (κ3) is 6.20. The Kier molecular flexibility index (Phi) is 9.04. The van der Waals surface area contributed by atoms with Crippen molar-refractivity contribution in [2.24, 2.45) is 23.7 Å². The van der Waals surface area contributed by atoms with Crippen LogP contribution in [0.4, 0.5) is 0 Å². The average molecular weight is 418 g/mol. The molecule has 5 atom stereocenters. The predicted molar refractivity (Wildman–Crippen MR) is 126 cm³/mol. The van der Waals surface area contributed by atoms with Crippen LogP contribution < -0.4 is 0 Å². The van der Waals surface area contributed by atoms with E-state index in [4.69, 9.17) is 0 Å². The van der Waals surface area contributed by atoms with Crippen molar-refractivity contribution < 1.29 is 10.2 Å². The van der Waals surface area contributed by atoms with Crippen LogP contribution in [0.1, 0.15) is 91.9 Å². The summed E-state index contributed by atoms with van der Waals surface area (Å²) in [5.74, 6) is 1.77. The molecule has 3 heteroatoms. The fraction of sp³-hybridized carbons (Fsp3) is 0.852. The van der Waals surface area contributed by atoms with Crippen molar-refractivity contribution in [1.29, 1.82) is 0 Å². The Hall–Kier alpha value is -0.640. The van der Waals surface area contributed by atoms with Gasteiger partial charge in [0.05, 0.1) is 12.2 Å². The van der Waals surface area contributed by atoms with E-state index in [2.05, 4.69) is 44.7 Å². The molecule has 172 valence electrons. The topological polar surface area (TPSA) is 43.7 Å². The molecular weight excluding hydrogens is 370 g/mol. The number of fused-ring (bicyclic) bond motifs is 1. The fourth-order valence-electron chi connectivity index (χ4n) is 6.42. The minimum Gasteiger partial charge on any atom is -0.392 e. The molecular formula is C27H47NO2. The van der Waals surface area contributed by atoms with Gasteiger partial charge in [0, 0.05) is 18.0 Å². The van der Waals surface area contributed by atoms with E-state index in [0.717, 1.165) is 25.7 Å². The van der Waals surface area contributed by atoms with E-state index < -0.39 is 0 Å². The summed E-state index contributed by atoms with van der Waals surface area (Å²) in [5.41, 5.74) is 1.62. The van der Waals surface area contributed by atoms with E-state index in [0.29, 0.717) is 29.8 Å². The van der Waals surface area contributed by atoms with Crippen molar-refractivity contribution in [1.82, 2.24) is 4.90 Å². The van der Waals surface area contributed by atoms with Gasteiger partial charge in [-0.05, 0) is 96.9 Å². The number of hydrogen-bond acceptors (Lipinski definition) is 3. The molecule has 0 aromatic heterocycles. The van der Waals surface area contributed by atoms with Gasteiger partial charge in [-0.3, -0.25) is 4.90 Å². The molecule has 0 saturated heterocycles. The maximum Gasteiger partial charge on any atom is 0.0749 e. The van der Waals surface area contributed by atoms with Crippen LogP contribution in [0.25, 0.3) is 0 Å². The molecule has 0 bridgehead atoms. The Morgan fingerprint density at radius 1 is 1.07 bits per heavy atom. The summed E-state index contributed by atoms with van der Waals surface area (Å²) in [6.07, 6.45) is 18.1. The van der Waals surface area contributed by atoms with E-state index in [9.17, 15) is 10.2 Å². The van der Waals surface area contributed by atoms with Gasteiger partial charge in [-0.15, -0.1) is 0 Å². The van der Waals surface area contributed by atoms with Crippen molar-refractivity contribution in [2.45, 2.75) is 116 Å². The summed E-state index contributed by atoms with van der Waals surface area (Å²) >= 11 is 0. The van der Waals surface area contributed by atoms with Crippen LogP contribution in [0.3, 0.4) is 0 Å². The molecule has 0 radical (unpaired) electrons. The van der Waals surface area contributed by atoms with Crippen LogP contribution in [0.5, 0.6) is 0 Å². The largest absolute Gasteiger partial charge is 0.392 e. The SMILES string of the molecule is CC(C)N(CCCCCC1=C[C@H]2C[C@@H](O)[C@H](/C=C/[C@@H](O)C3CCCC3)[C@H]2C1)C(C)C. The van der Waals surface area contributed by atoms with Crippen LogP contribution in [0.2, 0.25) is 0 Å². The molecule has 3 nitrogen and oxygen atoms in total. The molecule has 2 N–H and O–H groups in total. The molecule has 2 fully saturated rings. The smallest absolute Gasteiger partial charge is 0.0749 e. The van der Waals surface area contributed by atoms with E-state index >= 15 is 0 Å². The maximum absolute atomic E-state index is 10.6. The zero-order valence-corrected chi connectivity index (χ0v) is 20.0. The lowest BCUT2D eigenvalue weighted by molar-refractivity contribution is 0.135. The quantitative estimate of drug-likeness (QED) is 0.334. The minimum absolute atomic E-state index is 0.227. The second-order valence-corrected chi connectivity index (χ2v) is 10.9. The molecule has 0 spiro atoms. The van der Waals surface area contributed by atoms with Crippen LogP contribution in [-0.4, -0.2) is 45.9 Å². The van der Waals surface area contributed by atoms with Gasteiger partial charge in [-0.2, -0.15) is 0 Å². The molecule has 3 aliphatic carbocycles. The summed E-state index contributed by atoms with van der Waals surface area (Å²) in [6.45, 7) is 10.4. The van der Waals surface area contributed by atoms with Gasteiger partial charge in [0.25, 0.3) is 0 Å². The number of unbranched alkanes of at least 4 members (excludes halogenated alkanes) is 2. The summed E-state index contributed by atoms with van der Waals surface area (Å²) < 4.78 is 0. The molecule has 0 amide bonds. The first-order valence-corrected chi connectivity index (χ1v) is 12.9. The summed E-state index contributed by atoms with van der Waals surface area (Å²) in [5, 5.41) is 21.1. The van der Waals surface area contributed by atoms with Crippen molar-refractivity contribution in [3.05, 3.63) is 23.8 Å². The number of hydrogen-bond donors (Lipinski definition) is 2. The second kappa shape index (κ2) is 11.3. The number of aliphatic hydroxyl groups is 2. The normalized spacial score (nSPS) is 30.9. The predicted octanol–water partition coefficient (Wildman–Crippen LogP) is 5.72. The number of aliphatic hydroxyl groups excluding tert-OH is 2. The summed E-state index contributed by atoms with van der Waals surface area (Å²) in [7, 11) is 0. The van der Waals surface area contributed by atoms with Gasteiger partial charge >= 0.3 is 0 Å². The highest BCUT2D eigenvalue weighted by molar-refractivity contribution is 5.21. The van der Waals surface area contributed by atoms with Gasteiger partial charge in [-0.25, -0.2) is 0 Å². The van der Waals surface area contributed by atoms with Crippen molar-refractivity contribution in [2.75, 3.05) is 6.54 Å². The zero-order chi connectivity index (χ0) is 21.7. The zero-order valence-electron chi connectivity index (χ0n) is 20.0. The Morgan fingerprint density at radius 2 is 1.77 bits per heavy atom. The minimum atomic E-state index is -0.316. The Labute approximate surface area is 185 Å². The monoisotopic (exact) mass is 417 g/mol. The van der Waals surface area contributed by atoms with Crippen molar-refractivity contribution in [3.63, 3.8) is 0 Å². The third-order valence-electron chi connectivity index (χ3n) is 8.10. The number of nitrogens with zero attached hydrogens (tertiary/aromatic N) is 1. The molecule has 2 saturated carbocycles.